The number of carbonyl (C=O) groups excluding carboxylic acids is 2. The molecule has 0 radical (unpaired) electrons. The van der Waals surface area contributed by atoms with Gasteiger partial charge in [0.1, 0.15) is 5.76 Å². The van der Waals surface area contributed by atoms with Crippen LogP contribution >= 0.6 is 0 Å². The lowest BCUT2D eigenvalue weighted by Crippen LogP contribution is -2.37. The van der Waals surface area contributed by atoms with Crippen LogP contribution in [0.3, 0.4) is 0 Å². The van der Waals surface area contributed by atoms with Gasteiger partial charge in [0.05, 0.1) is 0 Å². The van der Waals surface area contributed by atoms with Gasteiger partial charge in [-0.25, -0.2) is 0 Å². The molecule has 1 aromatic heterocycles. The molecular weight excluding hydrogens is 294 g/mol. The molecule has 0 atom stereocenters. The molecule has 0 saturated heterocycles. The first-order valence-corrected chi connectivity index (χ1v) is 8.50. The Morgan fingerprint density at radius 3 is 2.52 bits per heavy atom. The van der Waals surface area contributed by atoms with Crippen LogP contribution in [0.1, 0.15) is 51.2 Å². The number of hydrogen-bond donors (Lipinski definition) is 1. The Hall–Kier alpha value is -1.85. The van der Waals surface area contributed by atoms with E-state index in [2.05, 4.69) is 17.4 Å². The Kier molecular flexibility index (Phi) is 6.19. The van der Waals surface area contributed by atoms with E-state index in [1.165, 1.54) is 0 Å². The van der Waals surface area contributed by atoms with Crippen LogP contribution in [-0.2, 0) is 9.59 Å². The Morgan fingerprint density at radius 2 is 1.96 bits per heavy atom. The van der Waals surface area contributed by atoms with E-state index in [0.29, 0.717) is 11.6 Å². The number of aryl methyl sites for hydroxylation is 1. The first-order valence-electron chi connectivity index (χ1n) is 8.50. The minimum Gasteiger partial charge on any atom is -0.360 e. The number of amides is 2. The van der Waals surface area contributed by atoms with Gasteiger partial charge in [-0.15, -0.1) is 0 Å². The van der Waals surface area contributed by atoms with Crippen LogP contribution in [0.5, 0.6) is 0 Å². The van der Waals surface area contributed by atoms with Crippen molar-refractivity contribution in [2.24, 2.45) is 11.8 Å². The van der Waals surface area contributed by atoms with E-state index in [1.54, 1.807) is 13.0 Å². The Morgan fingerprint density at radius 1 is 1.30 bits per heavy atom. The summed E-state index contributed by atoms with van der Waals surface area (Å²) in [6.07, 6.45) is 5.20. The molecule has 1 N–H and O–H groups in total. The van der Waals surface area contributed by atoms with Crippen LogP contribution in [0, 0.1) is 18.8 Å². The summed E-state index contributed by atoms with van der Waals surface area (Å²) in [6.45, 7) is 4.73. The van der Waals surface area contributed by atoms with Crippen LogP contribution in [0.2, 0.25) is 0 Å². The lowest BCUT2D eigenvalue weighted by atomic mass is 9.81. The number of nitrogens with zero attached hydrogens (tertiary/aromatic N) is 2. The zero-order chi connectivity index (χ0) is 16.8. The van der Waals surface area contributed by atoms with Gasteiger partial charge >= 0.3 is 0 Å². The molecule has 0 spiro atoms. The predicted octanol–water partition coefficient (Wildman–Crippen LogP) is 2.99. The van der Waals surface area contributed by atoms with E-state index in [0.717, 1.165) is 45.1 Å². The quantitative estimate of drug-likeness (QED) is 0.874. The summed E-state index contributed by atoms with van der Waals surface area (Å²) >= 11 is 0. The largest absolute Gasteiger partial charge is 0.360 e. The van der Waals surface area contributed by atoms with Crippen molar-refractivity contribution in [3.8, 4) is 0 Å². The molecule has 128 valence electrons. The van der Waals surface area contributed by atoms with E-state index >= 15 is 0 Å². The van der Waals surface area contributed by atoms with Gasteiger partial charge in [0.15, 0.2) is 5.82 Å². The normalized spacial score (nSPS) is 21.0. The van der Waals surface area contributed by atoms with Gasteiger partial charge in [0.2, 0.25) is 11.8 Å². The molecule has 0 aromatic carbocycles. The van der Waals surface area contributed by atoms with E-state index in [-0.39, 0.29) is 23.7 Å². The maximum Gasteiger partial charge on any atom is 0.228 e. The summed E-state index contributed by atoms with van der Waals surface area (Å²) < 4.78 is 4.94. The fourth-order valence-electron chi connectivity index (χ4n) is 3.07. The lowest BCUT2D eigenvalue weighted by Gasteiger charge is -2.29. The van der Waals surface area contributed by atoms with Crippen LogP contribution in [0.25, 0.3) is 0 Å². The predicted molar refractivity (Wildman–Crippen MR) is 87.9 cm³/mol. The molecule has 2 amide bonds. The maximum absolute atomic E-state index is 12.4. The molecule has 6 heteroatoms. The second-order valence-electron chi connectivity index (χ2n) is 6.47. The van der Waals surface area contributed by atoms with Crippen LogP contribution in [-0.4, -0.2) is 35.5 Å². The van der Waals surface area contributed by atoms with Gasteiger partial charge in [-0.2, -0.15) is 0 Å². The summed E-state index contributed by atoms with van der Waals surface area (Å²) in [5.41, 5.74) is 0. The fourth-order valence-corrected chi connectivity index (χ4v) is 3.07. The number of hydrogen-bond acceptors (Lipinski definition) is 4. The molecule has 6 nitrogen and oxygen atoms in total. The highest BCUT2D eigenvalue weighted by Crippen LogP contribution is 2.30. The SMILES string of the molecule is CCCCN(C)C(=O)C1CCC(C(=O)Nc2cc(C)on2)CC1. The Balaban J connectivity index is 1.78. The molecule has 1 saturated carbocycles. The number of unbranched alkanes of at least 4 members (excludes halogenated alkanes) is 1. The molecule has 2 rings (SSSR count). The highest BCUT2D eigenvalue weighted by Gasteiger charge is 2.31. The third kappa shape index (κ3) is 4.81. The molecule has 1 heterocycles. The summed E-state index contributed by atoms with van der Waals surface area (Å²) in [6, 6.07) is 1.70. The van der Waals surface area contributed by atoms with Crippen molar-refractivity contribution in [2.75, 3.05) is 18.9 Å². The number of aromatic nitrogens is 1. The van der Waals surface area contributed by atoms with Crippen molar-refractivity contribution in [1.29, 1.82) is 0 Å². The van der Waals surface area contributed by atoms with Gasteiger partial charge < -0.3 is 14.7 Å². The van der Waals surface area contributed by atoms with Gasteiger partial charge in [0, 0.05) is 31.5 Å². The molecule has 23 heavy (non-hydrogen) atoms. The number of carbonyl (C=O) groups is 2. The third-order valence-corrected chi connectivity index (χ3v) is 4.55. The monoisotopic (exact) mass is 321 g/mol. The van der Waals surface area contributed by atoms with Gasteiger partial charge in [-0.1, -0.05) is 18.5 Å². The molecule has 1 fully saturated rings. The van der Waals surface area contributed by atoms with Crippen LogP contribution < -0.4 is 5.32 Å². The molecular formula is C17H27N3O3. The average Bonchev–Trinajstić information content (AvgIpc) is 2.96. The standard InChI is InChI=1S/C17H27N3O3/c1-4-5-10-20(3)17(22)14-8-6-13(7-9-14)16(21)18-15-11-12(2)23-19-15/h11,13-14H,4-10H2,1-3H3,(H,18,19,21). The van der Waals surface area contributed by atoms with Crippen molar-refractivity contribution in [3.05, 3.63) is 11.8 Å². The van der Waals surface area contributed by atoms with E-state index in [4.69, 9.17) is 4.52 Å². The first-order chi connectivity index (χ1) is 11.0. The summed E-state index contributed by atoms with van der Waals surface area (Å²) in [5, 5.41) is 6.57. The summed E-state index contributed by atoms with van der Waals surface area (Å²) in [7, 11) is 1.88. The number of rotatable bonds is 6. The molecule has 1 aromatic rings. The molecule has 1 aliphatic rings. The number of anilines is 1. The number of nitrogens with one attached hydrogen (secondary N) is 1. The minimum absolute atomic E-state index is 0.0245. The minimum atomic E-state index is -0.0444. The summed E-state index contributed by atoms with van der Waals surface area (Å²) in [4.78, 5) is 26.5. The zero-order valence-electron chi connectivity index (χ0n) is 14.3. The maximum atomic E-state index is 12.4. The third-order valence-electron chi connectivity index (χ3n) is 4.55. The van der Waals surface area contributed by atoms with E-state index in [1.807, 2.05) is 11.9 Å². The first kappa shape index (κ1) is 17.5. The van der Waals surface area contributed by atoms with Crippen LogP contribution in [0.15, 0.2) is 10.6 Å². The lowest BCUT2D eigenvalue weighted by molar-refractivity contribution is -0.136. The van der Waals surface area contributed by atoms with Gasteiger partial charge in [-0.05, 0) is 39.0 Å². The van der Waals surface area contributed by atoms with Gasteiger partial charge in [-0.3, -0.25) is 9.59 Å². The highest BCUT2D eigenvalue weighted by molar-refractivity contribution is 5.91. The van der Waals surface area contributed by atoms with Crippen molar-refractivity contribution in [2.45, 2.75) is 52.4 Å². The molecule has 1 aliphatic carbocycles. The average molecular weight is 321 g/mol. The molecule has 0 aliphatic heterocycles. The second-order valence-corrected chi connectivity index (χ2v) is 6.47. The fraction of sp³-hybridized carbons (Fsp3) is 0.706. The second kappa shape index (κ2) is 8.13. The Labute approximate surface area is 137 Å². The molecule has 0 unspecified atom stereocenters. The van der Waals surface area contributed by atoms with Crippen molar-refractivity contribution >= 4 is 17.6 Å². The highest BCUT2D eigenvalue weighted by atomic mass is 16.5. The molecule has 0 bridgehead atoms. The zero-order valence-corrected chi connectivity index (χ0v) is 14.3. The van der Waals surface area contributed by atoms with Crippen molar-refractivity contribution < 1.29 is 14.1 Å². The Bertz CT molecular complexity index is 533. The summed E-state index contributed by atoms with van der Waals surface area (Å²) in [5.74, 6) is 1.36. The van der Waals surface area contributed by atoms with Gasteiger partial charge in [0.25, 0.3) is 0 Å². The smallest absolute Gasteiger partial charge is 0.228 e. The topological polar surface area (TPSA) is 75.4 Å². The van der Waals surface area contributed by atoms with Crippen molar-refractivity contribution in [1.82, 2.24) is 10.1 Å². The van der Waals surface area contributed by atoms with Crippen molar-refractivity contribution in [3.63, 3.8) is 0 Å². The van der Waals surface area contributed by atoms with E-state index in [9.17, 15) is 9.59 Å². The van der Waals surface area contributed by atoms with E-state index < -0.39 is 0 Å². The van der Waals surface area contributed by atoms with Crippen LogP contribution in [0.4, 0.5) is 5.82 Å².